The van der Waals surface area contributed by atoms with Gasteiger partial charge in [-0.3, -0.25) is 4.79 Å². The summed E-state index contributed by atoms with van der Waals surface area (Å²) in [6.45, 7) is 2.13. The van der Waals surface area contributed by atoms with Crippen molar-refractivity contribution in [3.63, 3.8) is 0 Å². The molecule has 0 fully saturated rings. The lowest BCUT2D eigenvalue weighted by Crippen LogP contribution is -1.95. The number of carbonyl (C=O) groups excluding carboxylic acids is 1. The van der Waals surface area contributed by atoms with Crippen LogP contribution in [0.15, 0.2) is 42.7 Å². The van der Waals surface area contributed by atoms with Crippen LogP contribution in [0.3, 0.4) is 0 Å². The zero-order chi connectivity index (χ0) is 10.7. The number of hydrogen-bond donors (Lipinski definition) is 0. The van der Waals surface area contributed by atoms with Crippen LogP contribution in [0.4, 0.5) is 0 Å². The van der Waals surface area contributed by atoms with Crippen molar-refractivity contribution in [3.8, 4) is 5.69 Å². The van der Waals surface area contributed by atoms with E-state index in [-0.39, 0.29) is 0 Å². The monoisotopic (exact) mass is 199 g/mol. The Kier molecular flexibility index (Phi) is 2.68. The lowest BCUT2D eigenvalue weighted by atomic mass is 10.1. The van der Waals surface area contributed by atoms with Crippen LogP contribution in [0.1, 0.15) is 22.8 Å². The molecule has 0 N–H and O–H groups in total. The zero-order valence-corrected chi connectivity index (χ0v) is 8.68. The van der Waals surface area contributed by atoms with Crippen molar-refractivity contribution in [1.29, 1.82) is 0 Å². The van der Waals surface area contributed by atoms with E-state index >= 15 is 0 Å². The van der Waals surface area contributed by atoms with E-state index in [2.05, 4.69) is 19.1 Å². The van der Waals surface area contributed by atoms with E-state index in [0.717, 1.165) is 18.4 Å². The number of para-hydroxylation sites is 1. The van der Waals surface area contributed by atoms with Gasteiger partial charge in [0.15, 0.2) is 6.29 Å². The first-order valence-electron chi connectivity index (χ1n) is 5.06. The average Bonchev–Trinajstić information content (AvgIpc) is 2.77. The molecule has 0 aliphatic rings. The second-order valence-electron chi connectivity index (χ2n) is 3.45. The standard InChI is InChI=1S/C13H13NO/c1-2-12-5-3-4-6-13(12)14-8-7-11(9-14)10-15/h3-10H,2H2,1H3. The molecule has 0 saturated heterocycles. The maximum atomic E-state index is 10.6. The van der Waals surface area contributed by atoms with Crippen LogP contribution in [0.5, 0.6) is 0 Å². The fraction of sp³-hybridized carbons (Fsp3) is 0.154. The summed E-state index contributed by atoms with van der Waals surface area (Å²) in [5.41, 5.74) is 3.14. The van der Waals surface area contributed by atoms with Gasteiger partial charge in [0, 0.05) is 23.6 Å². The highest BCUT2D eigenvalue weighted by molar-refractivity contribution is 5.74. The molecule has 1 heterocycles. The molecule has 0 spiro atoms. The van der Waals surface area contributed by atoms with Gasteiger partial charge in [0.2, 0.25) is 0 Å². The van der Waals surface area contributed by atoms with Crippen molar-refractivity contribution in [2.24, 2.45) is 0 Å². The molecule has 2 aromatic rings. The zero-order valence-electron chi connectivity index (χ0n) is 8.68. The topological polar surface area (TPSA) is 22.0 Å². The molecule has 0 aliphatic heterocycles. The van der Waals surface area contributed by atoms with Crippen LogP contribution in [0.2, 0.25) is 0 Å². The Hall–Kier alpha value is -1.83. The van der Waals surface area contributed by atoms with Gasteiger partial charge in [-0.1, -0.05) is 25.1 Å². The summed E-state index contributed by atoms with van der Waals surface area (Å²) in [7, 11) is 0. The van der Waals surface area contributed by atoms with Crippen LogP contribution in [0, 0.1) is 0 Å². The molecular weight excluding hydrogens is 186 g/mol. The van der Waals surface area contributed by atoms with Gasteiger partial charge in [0.25, 0.3) is 0 Å². The van der Waals surface area contributed by atoms with Gasteiger partial charge in [0.05, 0.1) is 0 Å². The summed E-state index contributed by atoms with van der Waals surface area (Å²) in [4.78, 5) is 10.6. The highest BCUT2D eigenvalue weighted by atomic mass is 16.1. The first-order chi connectivity index (χ1) is 7.35. The Bertz CT molecular complexity index is 471. The molecule has 1 aromatic carbocycles. The second kappa shape index (κ2) is 4.13. The van der Waals surface area contributed by atoms with Crippen LogP contribution in [0.25, 0.3) is 5.69 Å². The van der Waals surface area contributed by atoms with Gasteiger partial charge < -0.3 is 4.57 Å². The van der Waals surface area contributed by atoms with E-state index in [0.29, 0.717) is 5.56 Å². The molecule has 2 rings (SSSR count). The Labute approximate surface area is 89.2 Å². The van der Waals surface area contributed by atoms with Gasteiger partial charge in [-0.05, 0) is 24.1 Å². The summed E-state index contributed by atoms with van der Waals surface area (Å²) >= 11 is 0. The smallest absolute Gasteiger partial charge is 0.151 e. The molecular formula is C13H13NO. The Balaban J connectivity index is 2.48. The van der Waals surface area contributed by atoms with E-state index in [4.69, 9.17) is 0 Å². The normalized spacial score (nSPS) is 10.2. The fourth-order valence-electron chi connectivity index (χ4n) is 1.69. The Morgan fingerprint density at radius 2 is 2.07 bits per heavy atom. The highest BCUT2D eigenvalue weighted by Gasteiger charge is 2.02. The third-order valence-electron chi connectivity index (χ3n) is 2.50. The number of nitrogens with zero attached hydrogens (tertiary/aromatic N) is 1. The molecule has 76 valence electrons. The highest BCUT2D eigenvalue weighted by Crippen LogP contribution is 2.15. The van der Waals surface area contributed by atoms with Gasteiger partial charge in [-0.2, -0.15) is 0 Å². The van der Waals surface area contributed by atoms with E-state index in [1.165, 1.54) is 5.56 Å². The number of aryl methyl sites for hydroxylation is 1. The predicted octanol–water partition coefficient (Wildman–Crippen LogP) is 2.85. The van der Waals surface area contributed by atoms with Gasteiger partial charge in [-0.15, -0.1) is 0 Å². The largest absolute Gasteiger partial charge is 0.323 e. The molecule has 0 amide bonds. The molecule has 1 aromatic heterocycles. The number of aldehydes is 1. The van der Waals surface area contributed by atoms with Gasteiger partial charge >= 0.3 is 0 Å². The molecule has 2 heteroatoms. The van der Waals surface area contributed by atoms with Crippen LogP contribution in [-0.4, -0.2) is 10.9 Å². The molecule has 2 nitrogen and oxygen atoms in total. The summed E-state index contributed by atoms with van der Waals surface area (Å²) in [6.07, 6.45) is 5.62. The number of benzene rings is 1. The summed E-state index contributed by atoms with van der Waals surface area (Å²) in [5.74, 6) is 0. The van der Waals surface area contributed by atoms with Crippen molar-refractivity contribution < 1.29 is 4.79 Å². The molecule has 0 bridgehead atoms. The SMILES string of the molecule is CCc1ccccc1-n1ccc(C=O)c1. The van der Waals surface area contributed by atoms with E-state index in [1.807, 2.05) is 35.2 Å². The van der Waals surface area contributed by atoms with E-state index < -0.39 is 0 Å². The molecule has 0 aliphatic carbocycles. The lowest BCUT2D eigenvalue weighted by molar-refractivity contribution is 0.112. The molecule has 15 heavy (non-hydrogen) atoms. The predicted molar refractivity (Wildman–Crippen MR) is 60.5 cm³/mol. The quantitative estimate of drug-likeness (QED) is 0.697. The van der Waals surface area contributed by atoms with Gasteiger partial charge in [-0.25, -0.2) is 0 Å². The number of rotatable bonds is 3. The maximum absolute atomic E-state index is 10.6. The molecule has 0 saturated carbocycles. The van der Waals surface area contributed by atoms with Crippen molar-refractivity contribution in [2.75, 3.05) is 0 Å². The minimum atomic E-state index is 0.709. The van der Waals surface area contributed by atoms with Crippen LogP contribution in [-0.2, 0) is 6.42 Å². The summed E-state index contributed by atoms with van der Waals surface area (Å²) in [6, 6.07) is 10.0. The third-order valence-corrected chi connectivity index (χ3v) is 2.50. The van der Waals surface area contributed by atoms with Crippen molar-refractivity contribution in [2.45, 2.75) is 13.3 Å². The van der Waals surface area contributed by atoms with Crippen LogP contribution < -0.4 is 0 Å². The number of aromatic nitrogens is 1. The summed E-state index contributed by atoms with van der Waals surface area (Å²) in [5, 5.41) is 0. The minimum Gasteiger partial charge on any atom is -0.323 e. The lowest BCUT2D eigenvalue weighted by Gasteiger charge is -2.08. The molecule has 0 atom stereocenters. The fourth-order valence-corrected chi connectivity index (χ4v) is 1.69. The van der Waals surface area contributed by atoms with Crippen molar-refractivity contribution in [3.05, 3.63) is 53.9 Å². The van der Waals surface area contributed by atoms with E-state index in [9.17, 15) is 4.79 Å². The number of carbonyl (C=O) groups is 1. The Morgan fingerprint density at radius 3 is 2.73 bits per heavy atom. The van der Waals surface area contributed by atoms with Crippen molar-refractivity contribution >= 4 is 6.29 Å². The maximum Gasteiger partial charge on any atom is 0.151 e. The van der Waals surface area contributed by atoms with Gasteiger partial charge in [0.1, 0.15) is 0 Å². The van der Waals surface area contributed by atoms with Crippen LogP contribution >= 0.6 is 0 Å². The second-order valence-corrected chi connectivity index (χ2v) is 3.45. The summed E-state index contributed by atoms with van der Waals surface area (Å²) < 4.78 is 1.99. The molecule has 0 unspecified atom stereocenters. The van der Waals surface area contributed by atoms with E-state index in [1.54, 1.807) is 0 Å². The number of hydrogen-bond acceptors (Lipinski definition) is 1. The first kappa shape index (κ1) is 9.71. The average molecular weight is 199 g/mol. The Morgan fingerprint density at radius 1 is 1.27 bits per heavy atom. The third kappa shape index (κ3) is 1.84. The molecule has 0 radical (unpaired) electrons. The first-order valence-corrected chi connectivity index (χ1v) is 5.06. The van der Waals surface area contributed by atoms with Crippen molar-refractivity contribution in [1.82, 2.24) is 4.57 Å². The minimum absolute atomic E-state index is 0.709.